The fraction of sp³-hybridized carbons (Fsp3) is 0.294. The summed E-state index contributed by atoms with van der Waals surface area (Å²) < 4.78 is 10.4. The lowest BCUT2D eigenvalue weighted by atomic mass is 10.1. The van der Waals surface area contributed by atoms with Crippen LogP contribution in [0, 0.1) is 13.8 Å². The number of halogens is 1. The normalized spacial score (nSPS) is 11.7. The Kier molecular flexibility index (Phi) is 5.85. The number of hydrogen-bond acceptors (Lipinski definition) is 5. The minimum Gasteiger partial charge on any atom is -0.481 e. The van der Waals surface area contributed by atoms with Gasteiger partial charge in [0.25, 0.3) is 5.91 Å². The van der Waals surface area contributed by atoms with Gasteiger partial charge in [-0.25, -0.2) is 4.79 Å². The molecule has 0 unspecified atom stereocenters. The summed E-state index contributed by atoms with van der Waals surface area (Å²) in [4.78, 5) is 24.3. The Morgan fingerprint density at radius 1 is 1.25 bits per heavy atom. The van der Waals surface area contributed by atoms with Gasteiger partial charge in [0.2, 0.25) is 0 Å². The first-order valence-electron chi connectivity index (χ1n) is 7.23. The Morgan fingerprint density at radius 3 is 2.46 bits per heavy atom. The molecule has 5 nitrogen and oxygen atoms in total. The molecule has 0 saturated heterocycles. The third kappa shape index (κ3) is 4.07. The van der Waals surface area contributed by atoms with Crippen molar-refractivity contribution in [1.29, 1.82) is 0 Å². The molecular formula is C17H18ClNO4S. The predicted octanol–water partition coefficient (Wildman–Crippen LogP) is 4.21. The predicted molar refractivity (Wildman–Crippen MR) is 95.3 cm³/mol. The average Bonchev–Trinajstić information content (AvgIpc) is 2.99. The van der Waals surface area contributed by atoms with Crippen LogP contribution in [0.4, 0.5) is 5.69 Å². The summed E-state index contributed by atoms with van der Waals surface area (Å²) in [6, 6.07) is 5.21. The Morgan fingerprint density at radius 2 is 1.88 bits per heavy atom. The lowest BCUT2D eigenvalue weighted by Gasteiger charge is -2.16. The number of benzene rings is 1. The van der Waals surface area contributed by atoms with Crippen LogP contribution in [0.5, 0.6) is 5.75 Å². The largest absolute Gasteiger partial charge is 0.481 e. The van der Waals surface area contributed by atoms with Crippen LogP contribution in [0.15, 0.2) is 23.6 Å². The molecule has 0 radical (unpaired) electrons. The van der Waals surface area contributed by atoms with Gasteiger partial charge < -0.3 is 14.8 Å². The summed E-state index contributed by atoms with van der Waals surface area (Å²) in [6.07, 6.45) is -0.740. The van der Waals surface area contributed by atoms with Crippen molar-refractivity contribution in [2.24, 2.45) is 0 Å². The van der Waals surface area contributed by atoms with Gasteiger partial charge in [0.05, 0.1) is 12.8 Å². The van der Waals surface area contributed by atoms with E-state index in [4.69, 9.17) is 16.3 Å². The molecule has 1 aromatic heterocycles. The van der Waals surface area contributed by atoms with Gasteiger partial charge in [-0.2, -0.15) is 0 Å². The van der Waals surface area contributed by atoms with Gasteiger partial charge in [-0.1, -0.05) is 11.6 Å². The number of esters is 1. The number of rotatable bonds is 5. The molecule has 2 aromatic rings. The summed E-state index contributed by atoms with van der Waals surface area (Å²) in [6.45, 7) is 5.39. The van der Waals surface area contributed by atoms with Crippen LogP contribution in [-0.4, -0.2) is 25.1 Å². The Labute approximate surface area is 149 Å². The quantitative estimate of drug-likeness (QED) is 0.804. The second kappa shape index (κ2) is 7.68. The standard InChI is InChI=1S/C17H18ClNO4S/c1-9-7-12(8-10(2)14(9)18)23-11(3)16(20)19-13-5-6-24-15(13)17(21)22-4/h5-8,11H,1-4H3,(H,19,20)/t11-/m0/s1. The summed E-state index contributed by atoms with van der Waals surface area (Å²) in [7, 11) is 1.30. The molecular weight excluding hydrogens is 350 g/mol. The third-order valence-electron chi connectivity index (χ3n) is 3.39. The summed E-state index contributed by atoms with van der Waals surface area (Å²) in [5.41, 5.74) is 2.17. The second-order valence-electron chi connectivity index (χ2n) is 5.28. The first-order valence-corrected chi connectivity index (χ1v) is 8.49. The number of carbonyl (C=O) groups excluding carboxylic acids is 2. The van der Waals surface area contributed by atoms with E-state index >= 15 is 0 Å². The third-order valence-corrected chi connectivity index (χ3v) is 4.88. The van der Waals surface area contributed by atoms with E-state index in [1.165, 1.54) is 18.4 Å². The molecule has 1 atom stereocenters. The number of amides is 1. The molecule has 2 rings (SSSR count). The number of anilines is 1. The van der Waals surface area contributed by atoms with Crippen molar-refractivity contribution in [3.8, 4) is 5.75 Å². The van der Waals surface area contributed by atoms with Gasteiger partial charge >= 0.3 is 5.97 Å². The van der Waals surface area contributed by atoms with E-state index < -0.39 is 12.1 Å². The lowest BCUT2D eigenvalue weighted by Crippen LogP contribution is -2.30. The number of nitrogens with one attached hydrogen (secondary N) is 1. The smallest absolute Gasteiger partial charge is 0.350 e. The molecule has 0 spiro atoms. The molecule has 1 aromatic carbocycles. The van der Waals surface area contributed by atoms with E-state index in [0.29, 0.717) is 21.3 Å². The van der Waals surface area contributed by atoms with Crippen molar-refractivity contribution < 1.29 is 19.1 Å². The zero-order valence-corrected chi connectivity index (χ0v) is 15.4. The van der Waals surface area contributed by atoms with Gasteiger partial charge in [0, 0.05) is 5.02 Å². The zero-order valence-electron chi connectivity index (χ0n) is 13.8. The second-order valence-corrected chi connectivity index (χ2v) is 6.57. The zero-order chi connectivity index (χ0) is 17.9. The molecule has 0 bridgehead atoms. The van der Waals surface area contributed by atoms with Gasteiger partial charge in [0.1, 0.15) is 10.6 Å². The molecule has 128 valence electrons. The van der Waals surface area contributed by atoms with Crippen LogP contribution < -0.4 is 10.1 Å². The van der Waals surface area contributed by atoms with Crippen molar-refractivity contribution in [1.82, 2.24) is 0 Å². The molecule has 24 heavy (non-hydrogen) atoms. The summed E-state index contributed by atoms with van der Waals surface area (Å²) in [5, 5.41) is 5.07. The highest BCUT2D eigenvalue weighted by Gasteiger charge is 2.20. The van der Waals surface area contributed by atoms with E-state index in [0.717, 1.165) is 11.1 Å². The number of methoxy groups -OCH3 is 1. The average molecular weight is 368 g/mol. The van der Waals surface area contributed by atoms with E-state index in [2.05, 4.69) is 10.1 Å². The van der Waals surface area contributed by atoms with Gasteiger partial charge in [0.15, 0.2) is 6.10 Å². The summed E-state index contributed by atoms with van der Waals surface area (Å²) >= 11 is 7.33. The highest BCUT2D eigenvalue weighted by molar-refractivity contribution is 7.12. The number of ether oxygens (including phenoxy) is 2. The Hall–Kier alpha value is -2.05. The molecule has 0 aliphatic rings. The highest BCUT2D eigenvalue weighted by atomic mass is 35.5. The number of carbonyl (C=O) groups is 2. The van der Waals surface area contributed by atoms with Crippen molar-refractivity contribution >= 4 is 40.5 Å². The molecule has 1 heterocycles. The number of thiophene rings is 1. The van der Waals surface area contributed by atoms with E-state index in [-0.39, 0.29) is 5.91 Å². The van der Waals surface area contributed by atoms with Crippen LogP contribution in [-0.2, 0) is 9.53 Å². The van der Waals surface area contributed by atoms with Crippen LogP contribution in [0.3, 0.4) is 0 Å². The van der Waals surface area contributed by atoms with Crippen molar-refractivity contribution in [2.75, 3.05) is 12.4 Å². The topological polar surface area (TPSA) is 64.6 Å². The Balaban J connectivity index is 2.08. The van der Waals surface area contributed by atoms with E-state index in [9.17, 15) is 9.59 Å². The van der Waals surface area contributed by atoms with Crippen molar-refractivity contribution in [3.63, 3.8) is 0 Å². The highest BCUT2D eigenvalue weighted by Crippen LogP contribution is 2.27. The molecule has 0 aliphatic heterocycles. The molecule has 0 aliphatic carbocycles. The maximum absolute atomic E-state index is 12.3. The Bertz CT molecular complexity index is 749. The van der Waals surface area contributed by atoms with E-state index in [1.54, 1.807) is 30.5 Å². The maximum Gasteiger partial charge on any atom is 0.350 e. The van der Waals surface area contributed by atoms with Crippen LogP contribution in [0.2, 0.25) is 5.02 Å². The molecule has 7 heteroatoms. The number of aryl methyl sites for hydroxylation is 2. The van der Waals surface area contributed by atoms with Gasteiger partial charge in [-0.15, -0.1) is 11.3 Å². The SMILES string of the molecule is COC(=O)c1sccc1NC(=O)[C@H](C)Oc1cc(C)c(Cl)c(C)c1. The number of hydrogen-bond donors (Lipinski definition) is 1. The van der Waals surface area contributed by atoms with Gasteiger partial charge in [-0.3, -0.25) is 4.79 Å². The summed E-state index contributed by atoms with van der Waals surface area (Å²) in [5.74, 6) is -0.280. The van der Waals surface area contributed by atoms with Crippen LogP contribution >= 0.6 is 22.9 Å². The minimum atomic E-state index is -0.740. The lowest BCUT2D eigenvalue weighted by molar-refractivity contribution is -0.122. The molecule has 0 saturated carbocycles. The molecule has 0 fully saturated rings. The van der Waals surface area contributed by atoms with Crippen molar-refractivity contribution in [2.45, 2.75) is 26.9 Å². The van der Waals surface area contributed by atoms with Crippen molar-refractivity contribution in [3.05, 3.63) is 44.6 Å². The molecule has 1 amide bonds. The van der Waals surface area contributed by atoms with Crippen LogP contribution in [0.25, 0.3) is 0 Å². The molecule has 1 N–H and O–H groups in total. The maximum atomic E-state index is 12.3. The fourth-order valence-electron chi connectivity index (χ4n) is 2.12. The first-order chi connectivity index (χ1) is 11.3. The minimum absolute atomic E-state index is 0.344. The van der Waals surface area contributed by atoms with Gasteiger partial charge in [-0.05, 0) is 55.5 Å². The monoisotopic (exact) mass is 367 g/mol. The first kappa shape index (κ1) is 18.3. The fourth-order valence-corrected chi connectivity index (χ4v) is 3.00. The van der Waals surface area contributed by atoms with E-state index in [1.807, 2.05) is 13.8 Å². The van der Waals surface area contributed by atoms with Crippen LogP contribution in [0.1, 0.15) is 27.7 Å².